The van der Waals surface area contributed by atoms with E-state index in [1.807, 2.05) is 6.08 Å². The van der Waals surface area contributed by atoms with Crippen LogP contribution in [0, 0.1) is 0 Å². The zero-order valence-corrected chi connectivity index (χ0v) is 8.59. The third-order valence-electron chi connectivity index (χ3n) is 1.62. The summed E-state index contributed by atoms with van der Waals surface area (Å²) in [6, 6.07) is 0. The number of allylic oxidation sites excluding steroid dienone is 3. The molecular formula is C11H20O. The molecule has 0 aromatic rings. The fraction of sp³-hybridized carbons (Fsp3) is 0.636. The Morgan fingerprint density at radius 2 is 1.92 bits per heavy atom. The second-order valence-electron chi connectivity index (χ2n) is 3.57. The van der Waals surface area contributed by atoms with Crippen molar-refractivity contribution >= 4 is 0 Å². The van der Waals surface area contributed by atoms with Gasteiger partial charge in [0.2, 0.25) is 0 Å². The van der Waals surface area contributed by atoms with Crippen LogP contribution in [0.1, 0.15) is 40.5 Å². The Bertz CT molecular complexity index is 171. The number of rotatable bonds is 4. The maximum Gasteiger partial charge on any atom is 0.0695 e. The van der Waals surface area contributed by atoms with Gasteiger partial charge in [0, 0.05) is 0 Å². The zero-order chi connectivity index (χ0) is 9.56. The van der Waals surface area contributed by atoms with E-state index in [0.717, 1.165) is 12.8 Å². The van der Waals surface area contributed by atoms with E-state index >= 15 is 0 Å². The van der Waals surface area contributed by atoms with Crippen molar-refractivity contribution in [2.45, 2.75) is 46.6 Å². The molecule has 0 bridgehead atoms. The van der Waals surface area contributed by atoms with Gasteiger partial charge in [-0.05, 0) is 40.5 Å². The highest BCUT2D eigenvalue weighted by Crippen LogP contribution is 2.07. The predicted molar refractivity (Wildman–Crippen MR) is 54.1 cm³/mol. The highest BCUT2D eigenvalue weighted by atomic mass is 16.3. The van der Waals surface area contributed by atoms with Gasteiger partial charge in [-0.3, -0.25) is 0 Å². The molecule has 0 aliphatic carbocycles. The summed E-state index contributed by atoms with van der Waals surface area (Å²) in [5.74, 6) is 0. The summed E-state index contributed by atoms with van der Waals surface area (Å²) in [5.41, 5.74) is 2.63. The second kappa shape index (κ2) is 6.01. The average molecular weight is 168 g/mol. The Morgan fingerprint density at radius 3 is 2.33 bits per heavy atom. The molecule has 1 atom stereocenters. The minimum atomic E-state index is -0.309. The van der Waals surface area contributed by atoms with E-state index in [4.69, 9.17) is 5.11 Å². The van der Waals surface area contributed by atoms with Crippen LogP contribution in [0.25, 0.3) is 0 Å². The van der Waals surface area contributed by atoms with Gasteiger partial charge in [-0.25, -0.2) is 0 Å². The molecule has 0 aromatic carbocycles. The molecule has 0 fully saturated rings. The van der Waals surface area contributed by atoms with Gasteiger partial charge in [0.1, 0.15) is 0 Å². The molecule has 0 saturated carbocycles. The molecule has 0 aliphatic heterocycles. The first kappa shape index (κ1) is 11.4. The predicted octanol–water partition coefficient (Wildman–Crippen LogP) is 3.06. The molecule has 70 valence electrons. The third kappa shape index (κ3) is 7.55. The third-order valence-corrected chi connectivity index (χ3v) is 1.62. The Balaban J connectivity index is 3.71. The number of aliphatic hydroxyl groups excluding tert-OH is 1. The van der Waals surface area contributed by atoms with Crippen LogP contribution in [0.3, 0.4) is 0 Å². The standard InChI is InChI=1S/C11H20O/c1-9(2)6-5-7-10(3)8-11(4)12/h6,8,11-12H,5,7H2,1-4H3/b10-8+/t11-/m0/s1. The van der Waals surface area contributed by atoms with Gasteiger partial charge in [-0.1, -0.05) is 23.3 Å². The van der Waals surface area contributed by atoms with Gasteiger partial charge in [0.05, 0.1) is 6.10 Å². The van der Waals surface area contributed by atoms with Crippen LogP contribution in [0.4, 0.5) is 0 Å². The number of aliphatic hydroxyl groups is 1. The lowest BCUT2D eigenvalue weighted by atomic mass is 10.1. The molecule has 0 rings (SSSR count). The van der Waals surface area contributed by atoms with E-state index in [2.05, 4.69) is 26.8 Å². The summed E-state index contributed by atoms with van der Waals surface area (Å²) < 4.78 is 0. The van der Waals surface area contributed by atoms with Crippen LogP contribution in [0.2, 0.25) is 0 Å². The Morgan fingerprint density at radius 1 is 1.33 bits per heavy atom. The molecule has 0 radical (unpaired) electrons. The molecule has 0 amide bonds. The molecule has 1 N–H and O–H groups in total. The molecule has 0 saturated heterocycles. The summed E-state index contributed by atoms with van der Waals surface area (Å²) in [6.45, 7) is 8.05. The van der Waals surface area contributed by atoms with Crippen LogP contribution in [-0.4, -0.2) is 11.2 Å². The average Bonchev–Trinajstić information content (AvgIpc) is 1.84. The van der Waals surface area contributed by atoms with Gasteiger partial charge in [-0.2, -0.15) is 0 Å². The molecular weight excluding hydrogens is 148 g/mol. The number of hydrogen-bond acceptors (Lipinski definition) is 1. The van der Waals surface area contributed by atoms with E-state index in [9.17, 15) is 0 Å². The SMILES string of the molecule is CC(C)=CCC/C(C)=C/[C@H](C)O. The Kier molecular flexibility index (Phi) is 5.73. The van der Waals surface area contributed by atoms with Gasteiger partial charge in [-0.15, -0.1) is 0 Å². The molecule has 0 aromatic heterocycles. The molecule has 1 heteroatoms. The minimum absolute atomic E-state index is 0.309. The summed E-state index contributed by atoms with van der Waals surface area (Å²) >= 11 is 0. The van der Waals surface area contributed by atoms with E-state index < -0.39 is 0 Å². The Labute approximate surface area is 75.8 Å². The maximum atomic E-state index is 9.04. The highest BCUT2D eigenvalue weighted by molar-refractivity contribution is 5.03. The summed E-state index contributed by atoms with van der Waals surface area (Å²) in [6.07, 6.45) is 5.95. The first-order chi connectivity index (χ1) is 5.52. The van der Waals surface area contributed by atoms with Crippen molar-refractivity contribution in [2.24, 2.45) is 0 Å². The van der Waals surface area contributed by atoms with Crippen molar-refractivity contribution in [3.63, 3.8) is 0 Å². The van der Waals surface area contributed by atoms with Gasteiger partial charge in [0.25, 0.3) is 0 Å². The van der Waals surface area contributed by atoms with Crippen LogP contribution < -0.4 is 0 Å². The summed E-state index contributed by atoms with van der Waals surface area (Å²) in [5, 5.41) is 9.04. The van der Waals surface area contributed by atoms with Gasteiger partial charge >= 0.3 is 0 Å². The molecule has 1 nitrogen and oxygen atoms in total. The van der Waals surface area contributed by atoms with E-state index in [0.29, 0.717) is 0 Å². The van der Waals surface area contributed by atoms with Crippen LogP contribution in [-0.2, 0) is 0 Å². The minimum Gasteiger partial charge on any atom is -0.389 e. The molecule has 12 heavy (non-hydrogen) atoms. The second-order valence-corrected chi connectivity index (χ2v) is 3.57. The van der Waals surface area contributed by atoms with Crippen molar-refractivity contribution in [1.82, 2.24) is 0 Å². The van der Waals surface area contributed by atoms with Crippen LogP contribution >= 0.6 is 0 Å². The molecule has 0 heterocycles. The number of hydrogen-bond donors (Lipinski definition) is 1. The van der Waals surface area contributed by atoms with Crippen molar-refractivity contribution in [3.8, 4) is 0 Å². The summed E-state index contributed by atoms with van der Waals surface area (Å²) in [7, 11) is 0. The fourth-order valence-corrected chi connectivity index (χ4v) is 1.08. The molecule has 0 spiro atoms. The summed E-state index contributed by atoms with van der Waals surface area (Å²) in [4.78, 5) is 0. The quantitative estimate of drug-likeness (QED) is 0.640. The van der Waals surface area contributed by atoms with E-state index in [1.165, 1.54) is 11.1 Å². The monoisotopic (exact) mass is 168 g/mol. The van der Waals surface area contributed by atoms with Crippen molar-refractivity contribution in [2.75, 3.05) is 0 Å². The molecule has 0 unspecified atom stereocenters. The first-order valence-corrected chi connectivity index (χ1v) is 4.51. The lowest BCUT2D eigenvalue weighted by Crippen LogP contribution is -1.94. The zero-order valence-electron chi connectivity index (χ0n) is 8.59. The van der Waals surface area contributed by atoms with Gasteiger partial charge < -0.3 is 5.11 Å². The van der Waals surface area contributed by atoms with Crippen LogP contribution in [0.5, 0.6) is 0 Å². The van der Waals surface area contributed by atoms with Crippen LogP contribution in [0.15, 0.2) is 23.3 Å². The smallest absolute Gasteiger partial charge is 0.0695 e. The fourth-order valence-electron chi connectivity index (χ4n) is 1.08. The topological polar surface area (TPSA) is 20.2 Å². The first-order valence-electron chi connectivity index (χ1n) is 4.51. The van der Waals surface area contributed by atoms with E-state index in [1.54, 1.807) is 6.92 Å². The van der Waals surface area contributed by atoms with Crippen molar-refractivity contribution < 1.29 is 5.11 Å². The van der Waals surface area contributed by atoms with E-state index in [-0.39, 0.29) is 6.10 Å². The lowest BCUT2D eigenvalue weighted by Gasteiger charge is -2.00. The molecule has 0 aliphatic rings. The largest absolute Gasteiger partial charge is 0.389 e. The van der Waals surface area contributed by atoms with Crippen molar-refractivity contribution in [3.05, 3.63) is 23.3 Å². The van der Waals surface area contributed by atoms with Crippen molar-refractivity contribution in [1.29, 1.82) is 0 Å². The highest BCUT2D eigenvalue weighted by Gasteiger charge is 1.91. The Hall–Kier alpha value is -0.560. The maximum absolute atomic E-state index is 9.04. The van der Waals surface area contributed by atoms with Gasteiger partial charge in [0.15, 0.2) is 0 Å². The lowest BCUT2D eigenvalue weighted by molar-refractivity contribution is 0.243. The normalized spacial score (nSPS) is 14.2.